The van der Waals surface area contributed by atoms with E-state index in [1.807, 2.05) is 34.5 Å². The first-order valence-corrected chi connectivity index (χ1v) is 10.2. The lowest BCUT2D eigenvalue weighted by atomic mass is 10.1. The van der Waals surface area contributed by atoms with Crippen molar-refractivity contribution in [2.75, 3.05) is 27.4 Å². The normalized spacial score (nSPS) is 16.3. The first-order valence-electron chi connectivity index (χ1n) is 9.32. The van der Waals surface area contributed by atoms with Gasteiger partial charge >= 0.3 is 0 Å². The zero-order valence-electron chi connectivity index (χ0n) is 16.0. The van der Waals surface area contributed by atoms with Gasteiger partial charge in [0, 0.05) is 24.4 Å². The number of rotatable bonds is 9. The molecule has 0 aliphatic carbocycles. The molecule has 2 aromatic rings. The molecule has 1 unspecified atom stereocenters. The van der Waals surface area contributed by atoms with Crippen LogP contribution in [0.2, 0.25) is 0 Å². The topological polar surface area (TPSA) is 48.0 Å². The number of carbonyl (C=O) groups excluding carboxylic acids is 1. The Morgan fingerprint density at radius 3 is 2.78 bits per heavy atom. The van der Waals surface area contributed by atoms with Crippen molar-refractivity contribution >= 4 is 17.2 Å². The lowest BCUT2D eigenvalue weighted by Gasteiger charge is -2.25. The summed E-state index contributed by atoms with van der Waals surface area (Å²) in [7, 11) is 3.24. The number of thiophene rings is 1. The van der Waals surface area contributed by atoms with E-state index in [1.165, 1.54) is 4.88 Å². The maximum Gasteiger partial charge on any atom is 0.223 e. The molecule has 1 aromatic heterocycles. The second-order valence-corrected chi connectivity index (χ2v) is 7.71. The minimum absolute atomic E-state index is 0.161. The van der Waals surface area contributed by atoms with E-state index < -0.39 is 0 Å². The smallest absolute Gasteiger partial charge is 0.223 e. The Balaban J connectivity index is 1.62. The van der Waals surface area contributed by atoms with Crippen LogP contribution in [0.1, 0.15) is 29.7 Å². The first-order chi connectivity index (χ1) is 13.2. The molecule has 1 aliphatic heterocycles. The Morgan fingerprint density at radius 2 is 2.11 bits per heavy atom. The zero-order valence-corrected chi connectivity index (χ0v) is 16.8. The summed E-state index contributed by atoms with van der Waals surface area (Å²) in [6, 6.07) is 9.91. The van der Waals surface area contributed by atoms with Crippen molar-refractivity contribution in [3.05, 3.63) is 46.2 Å². The average Bonchev–Trinajstić information content (AvgIpc) is 3.39. The predicted octanol–water partition coefficient (Wildman–Crippen LogP) is 3.91. The Morgan fingerprint density at radius 1 is 1.26 bits per heavy atom. The minimum Gasteiger partial charge on any atom is -0.493 e. The second-order valence-electron chi connectivity index (χ2n) is 6.68. The summed E-state index contributed by atoms with van der Waals surface area (Å²) in [5.74, 6) is 1.55. The van der Waals surface area contributed by atoms with Crippen molar-refractivity contribution in [1.29, 1.82) is 0 Å². The quantitative estimate of drug-likeness (QED) is 0.652. The molecular formula is C21H27NO4S. The van der Waals surface area contributed by atoms with Gasteiger partial charge in [-0.25, -0.2) is 0 Å². The van der Waals surface area contributed by atoms with E-state index in [9.17, 15) is 4.79 Å². The molecule has 1 amide bonds. The van der Waals surface area contributed by atoms with Crippen LogP contribution in [0.4, 0.5) is 0 Å². The van der Waals surface area contributed by atoms with Crippen molar-refractivity contribution in [3.8, 4) is 11.5 Å². The van der Waals surface area contributed by atoms with E-state index in [4.69, 9.17) is 14.2 Å². The lowest BCUT2D eigenvalue weighted by molar-refractivity contribution is -0.133. The fourth-order valence-corrected chi connectivity index (χ4v) is 4.04. The third-order valence-corrected chi connectivity index (χ3v) is 5.66. The van der Waals surface area contributed by atoms with Gasteiger partial charge in [0.25, 0.3) is 0 Å². The third-order valence-electron chi connectivity index (χ3n) is 4.80. The molecule has 1 fully saturated rings. The van der Waals surface area contributed by atoms with Gasteiger partial charge in [0.15, 0.2) is 11.5 Å². The minimum atomic E-state index is 0.161. The molecule has 3 rings (SSSR count). The number of nitrogens with zero attached hydrogens (tertiary/aromatic N) is 1. The summed E-state index contributed by atoms with van der Waals surface area (Å²) in [5, 5.41) is 2.05. The second kappa shape index (κ2) is 9.76. The molecule has 0 spiro atoms. The van der Waals surface area contributed by atoms with Crippen molar-refractivity contribution in [2.24, 2.45) is 0 Å². The monoisotopic (exact) mass is 389 g/mol. The van der Waals surface area contributed by atoms with E-state index in [2.05, 4.69) is 6.07 Å². The van der Waals surface area contributed by atoms with Crippen LogP contribution in [0.5, 0.6) is 11.5 Å². The van der Waals surface area contributed by atoms with Crippen LogP contribution in [-0.4, -0.2) is 44.3 Å². The molecule has 1 saturated heterocycles. The van der Waals surface area contributed by atoms with Crippen LogP contribution >= 0.6 is 11.3 Å². The fraction of sp³-hybridized carbons (Fsp3) is 0.476. The SMILES string of the molecule is COc1ccc(CCC(=O)N(Cc2cccs2)CC2CCCO2)cc1OC. The number of amides is 1. The molecule has 0 bridgehead atoms. The number of hydrogen-bond donors (Lipinski definition) is 0. The van der Waals surface area contributed by atoms with Gasteiger partial charge in [-0.3, -0.25) is 4.79 Å². The van der Waals surface area contributed by atoms with E-state index in [0.29, 0.717) is 37.4 Å². The van der Waals surface area contributed by atoms with Crippen molar-refractivity contribution < 1.29 is 19.0 Å². The highest BCUT2D eigenvalue weighted by molar-refractivity contribution is 7.09. The molecule has 1 atom stereocenters. The van der Waals surface area contributed by atoms with Crippen LogP contribution < -0.4 is 9.47 Å². The van der Waals surface area contributed by atoms with Crippen LogP contribution in [-0.2, 0) is 22.5 Å². The molecule has 6 heteroatoms. The third kappa shape index (κ3) is 5.47. The van der Waals surface area contributed by atoms with Gasteiger partial charge in [-0.05, 0) is 48.4 Å². The van der Waals surface area contributed by atoms with Gasteiger partial charge < -0.3 is 19.1 Å². The number of hydrogen-bond acceptors (Lipinski definition) is 5. The van der Waals surface area contributed by atoms with Gasteiger partial charge in [0.05, 0.1) is 26.9 Å². The zero-order chi connectivity index (χ0) is 19.1. The molecule has 1 aromatic carbocycles. The van der Waals surface area contributed by atoms with E-state index >= 15 is 0 Å². The summed E-state index contributed by atoms with van der Waals surface area (Å²) < 4.78 is 16.4. The Kier molecular flexibility index (Phi) is 7.12. The molecule has 0 saturated carbocycles. The molecular weight excluding hydrogens is 362 g/mol. The summed E-state index contributed by atoms with van der Waals surface area (Å²) in [6.07, 6.45) is 3.41. The highest BCUT2D eigenvalue weighted by Crippen LogP contribution is 2.28. The number of carbonyl (C=O) groups is 1. The van der Waals surface area contributed by atoms with Gasteiger partial charge in [-0.2, -0.15) is 0 Å². The largest absolute Gasteiger partial charge is 0.493 e. The van der Waals surface area contributed by atoms with E-state index in [1.54, 1.807) is 25.6 Å². The molecule has 2 heterocycles. The van der Waals surface area contributed by atoms with Gasteiger partial charge in [-0.15, -0.1) is 11.3 Å². The standard InChI is InChI=1S/C21H27NO4S/c1-24-19-9-7-16(13-20(19)25-2)8-10-21(23)22(14-17-5-3-11-26-17)15-18-6-4-12-27-18/h4,6-7,9,12-13,17H,3,5,8,10-11,14-15H2,1-2H3. The Labute approximate surface area is 164 Å². The first kappa shape index (κ1) is 19.7. The van der Waals surface area contributed by atoms with Crippen LogP contribution in [0.3, 0.4) is 0 Å². The molecule has 1 aliphatic rings. The Bertz CT molecular complexity index is 726. The number of methoxy groups -OCH3 is 2. The number of aryl methyl sites for hydroxylation is 1. The maximum absolute atomic E-state index is 12.9. The van der Waals surface area contributed by atoms with Crippen molar-refractivity contribution in [2.45, 2.75) is 38.3 Å². The van der Waals surface area contributed by atoms with E-state index in [0.717, 1.165) is 25.0 Å². The van der Waals surface area contributed by atoms with Crippen molar-refractivity contribution in [1.82, 2.24) is 4.90 Å². The molecule has 5 nitrogen and oxygen atoms in total. The van der Waals surface area contributed by atoms with Crippen molar-refractivity contribution in [3.63, 3.8) is 0 Å². The summed E-state index contributed by atoms with van der Waals surface area (Å²) in [4.78, 5) is 16.1. The molecule has 146 valence electrons. The number of benzene rings is 1. The fourth-order valence-electron chi connectivity index (χ4n) is 3.32. The van der Waals surface area contributed by atoms with Gasteiger partial charge in [-0.1, -0.05) is 12.1 Å². The van der Waals surface area contributed by atoms with Crippen LogP contribution in [0.15, 0.2) is 35.7 Å². The summed E-state index contributed by atoms with van der Waals surface area (Å²) >= 11 is 1.68. The van der Waals surface area contributed by atoms with Crippen LogP contribution in [0, 0.1) is 0 Å². The Hall–Kier alpha value is -2.05. The molecule has 27 heavy (non-hydrogen) atoms. The van der Waals surface area contributed by atoms with Crippen LogP contribution in [0.25, 0.3) is 0 Å². The molecule has 0 radical (unpaired) electrons. The van der Waals surface area contributed by atoms with Gasteiger partial charge in [0.1, 0.15) is 0 Å². The summed E-state index contributed by atoms with van der Waals surface area (Å²) in [6.45, 7) is 2.13. The highest BCUT2D eigenvalue weighted by atomic mass is 32.1. The molecule has 0 N–H and O–H groups in total. The summed E-state index contributed by atoms with van der Waals surface area (Å²) in [5.41, 5.74) is 1.06. The maximum atomic E-state index is 12.9. The van der Waals surface area contributed by atoms with E-state index in [-0.39, 0.29) is 12.0 Å². The number of ether oxygens (including phenoxy) is 3. The highest BCUT2D eigenvalue weighted by Gasteiger charge is 2.23. The average molecular weight is 390 g/mol. The van der Waals surface area contributed by atoms with Gasteiger partial charge in [0.2, 0.25) is 5.91 Å². The lowest BCUT2D eigenvalue weighted by Crippen LogP contribution is -2.36. The predicted molar refractivity (Wildman–Crippen MR) is 107 cm³/mol.